The number of halogens is 1. The van der Waals surface area contributed by atoms with Gasteiger partial charge in [0.25, 0.3) is 0 Å². The molecule has 3 nitrogen and oxygen atoms in total. The molecule has 7 rings (SSSR count). The van der Waals surface area contributed by atoms with Crippen LogP contribution in [0.5, 0.6) is 0 Å². The molecule has 2 heterocycles. The summed E-state index contributed by atoms with van der Waals surface area (Å²) in [6, 6.07) is 31.4. The molecule has 0 saturated heterocycles. The molecule has 3 unspecified atom stereocenters. The van der Waals surface area contributed by atoms with Crippen molar-refractivity contribution in [3.63, 3.8) is 0 Å². The Hall–Kier alpha value is -4.28. The molecule has 0 fully saturated rings. The van der Waals surface area contributed by atoms with Crippen LogP contribution in [-0.2, 0) is 32.3 Å². The number of aromatic nitrogens is 1. The van der Waals surface area contributed by atoms with Gasteiger partial charge in [0, 0.05) is 35.4 Å². The molecule has 0 radical (unpaired) electrons. The summed E-state index contributed by atoms with van der Waals surface area (Å²) in [6.07, 6.45) is 10.1. The third kappa shape index (κ3) is 5.44. The van der Waals surface area contributed by atoms with Crippen LogP contribution >= 0.6 is 0 Å². The average Bonchev–Trinajstić information content (AvgIpc) is 3.16. The van der Waals surface area contributed by atoms with Crippen molar-refractivity contribution >= 4 is 16.5 Å². The Bertz CT molecular complexity index is 2090. The third-order valence-electron chi connectivity index (χ3n) is 12.6. The molecule has 2 aliphatic rings. The Kier molecular flexibility index (Phi) is 9.43. The van der Waals surface area contributed by atoms with Crippen molar-refractivity contribution in [3.8, 4) is 11.3 Å². The van der Waals surface area contributed by atoms with Gasteiger partial charge in [0.15, 0.2) is 11.7 Å². The number of rotatable bonds is 13. The SMILES string of the molecule is CCCCc1ccc2c3c4[n+](ccc13)C(CC)(CCOC(C=C(OC)c1ccccc1)c1ccccc1)C(C)(CC)c1ccc(F)c(c1-4)C2(C)C. The van der Waals surface area contributed by atoms with E-state index in [1.54, 1.807) is 13.2 Å². The molecule has 1 aromatic heterocycles. The minimum absolute atomic E-state index is 0.112. The van der Waals surface area contributed by atoms with Gasteiger partial charge >= 0.3 is 0 Å². The molecule has 1 aliphatic carbocycles. The van der Waals surface area contributed by atoms with Crippen molar-refractivity contribution in [1.29, 1.82) is 0 Å². The van der Waals surface area contributed by atoms with E-state index in [1.807, 2.05) is 24.3 Å². The van der Waals surface area contributed by atoms with E-state index in [0.717, 1.165) is 66.5 Å². The second kappa shape index (κ2) is 13.7. The highest BCUT2D eigenvalue weighted by Crippen LogP contribution is 2.58. The molecule has 0 saturated carbocycles. The summed E-state index contributed by atoms with van der Waals surface area (Å²) in [7, 11) is 1.72. The Morgan fingerprint density at radius 3 is 2.22 bits per heavy atom. The van der Waals surface area contributed by atoms with E-state index in [2.05, 4.69) is 119 Å². The standard InChI is InChI=1S/C47H53FNO2/c1-8-11-18-32-23-24-36-41-35(32)27-29-49-44(41)42-37(25-26-38(48)43(42)45(36,4)5)46(6,9-2)47(49,10-3)28-30-51-40(34-21-16-13-17-22-34)31-39(50-7)33-19-14-12-15-20-33/h12-17,19-27,29,31,40H,8-11,18,28,30H2,1-7H3/q+1. The zero-order valence-electron chi connectivity index (χ0n) is 31.5. The van der Waals surface area contributed by atoms with E-state index in [0.29, 0.717) is 6.61 Å². The second-order valence-electron chi connectivity index (χ2n) is 15.3. The zero-order valence-corrected chi connectivity index (χ0v) is 31.5. The number of hydrogen-bond donors (Lipinski definition) is 0. The largest absolute Gasteiger partial charge is 0.496 e. The molecule has 5 aromatic rings. The number of methoxy groups -OCH3 is 1. The van der Waals surface area contributed by atoms with Gasteiger partial charge in [0.2, 0.25) is 5.69 Å². The molecule has 3 atom stereocenters. The number of ether oxygens (including phenoxy) is 2. The van der Waals surface area contributed by atoms with Crippen LogP contribution in [0.25, 0.3) is 27.8 Å². The summed E-state index contributed by atoms with van der Waals surface area (Å²) in [6.45, 7) is 14.3. The molecule has 0 amide bonds. The van der Waals surface area contributed by atoms with Gasteiger partial charge in [0.1, 0.15) is 17.7 Å². The van der Waals surface area contributed by atoms with E-state index < -0.39 is 5.41 Å². The number of nitrogens with zero attached hydrogens (tertiary/aromatic N) is 1. The number of pyridine rings is 1. The summed E-state index contributed by atoms with van der Waals surface area (Å²) in [4.78, 5) is 0. The van der Waals surface area contributed by atoms with Gasteiger partial charge in [-0.2, -0.15) is 4.57 Å². The molecular formula is C47H53FNO2+. The molecule has 0 spiro atoms. The first-order valence-electron chi connectivity index (χ1n) is 19.0. The number of benzene rings is 4. The maximum Gasteiger partial charge on any atom is 0.221 e. The van der Waals surface area contributed by atoms with Gasteiger partial charge in [-0.15, -0.1) is 0 Å². The molecule has 264 valence electrons. The lowest BCUT2D eigenvalue weighted by Crippen LogP contribution is -2.70. The van der Waals surface area contributed by atoms with Crippen LogP contribution in [-0.4, -0.2) is 13.7 Å². The van der Waals surface area contributed by atoms with Crippen LogP contribution < -0.4 is 4.57 Å². The second-order valence-corrected chi connectivity index (χ2v) is 15.3. The minimum atomic E-state index is -0.472. The maximum absolute atomic E-state index is 16.3. The van der Waals surface area contributed by atoms with Crippen LogP contribution in [0, 0.1) is 5.82 Å². The summed E-state index contributed by atoms with van der Waals surface area (Å²) < 4.78 is 31.8. The molecule has 51 heavy (non-hydrogen) atoms. The smallest absolute Gasteiger partial charge is 0.221 e. The molecule has 0 bridgehead atoms. The van der Waals surface area contributed by atoms with E-state index in [9.17, 15) is 0 Å². The summed E-state index contributed by atoms with van der Waals surface area (Å²) >= 11 is 0. The van der Waals surface area contributed by atoms with Crippen LogP contribution in [0.3, 0.4) is 0 Å². The topological polar surface area (TPSA) is 22.3 Å². The Balaban J connectivity index is 1.39. The Morgan fingerprint density at radius 1 is 0.843 bits per heavy atom. The average molecular weight is 683 g/mol. The number of aryl methyl sites for hydroxylation is 1. The van der Waals surface area contributed by atoms with Crippen molar-refractivity contribution < 1.29 is 18.4 Å². The van der Waals surface area contributed by atoms with Gasteiger partial charge in [-0.3, -0.25) is 0 Å². The minimum Gasteiger partial charge on any atom is -0.496 e. The molecule has 1 aliphatic heterocycles. The number of unbranched alkanes of at least 4 members (excludes halogenated alkanes) is 1. The lowest BCUT2D eigenvalue weighted by Gasteiger charge is -2.50. The quantitative estimate of drug-likeness (QED) is 0.0911. The summed E-state index contributed by atoms with van der Waals surface area (Å²) in [5.74, 6) is 0.676. The lowest BCUT2D eigenvalue weighted by atomic mass is 9.55. The van der Waals surface area contributed by atoms with Crippen LogP contribution in [0.2, 0.25) is 0 Å². The van der Waals surface area contributed by atoms with E-state index in [-0.39, 0.29) is 22.9 Å². The first-order valence-corrected chi connectivity index (χ1v) is 19.0. The van der Waals surface area contributed by atoms with Crippen molar-refractivity contribution in [3.05, 3.63) is 142 Å². The number of hydrogen-bond acceptors (Lipinski definition) is 2. The summed E-state index contributed by atoms with van der Waals surface area (Å²) in [5.41, 5.74) is 8.02. The fourth-order valence-corrected chi connectivity index (χ4v) is 9.62. The molecule has 4 aromatic carbocycles. The third-order valence-corrected chi connectivity index (χ3v) is 12.6. The van der Waals surface area contributed by atoms with Gasteiger partial charge in [-0.1, -0.05) is 120 Å². The van der Waals surface area contributed by atoms with Gasteiger partial charge in [-0.25, -0.2) is 4.39 Å². The molecule has 0 N–H and O–H groups in total. The van der Waals surface area contributed by atoms with Gasteiger partial charge in [-0.05, 0) is 66.0 Å². The van der Waals surface area contributed by atoms with Crippen molar-refractivity contribution in [1.82, 2.24) is 0 Å². The van der Waals surface area contributed by atoms with Gasteiger partial charge < -0.3 is 9.47 Å². The Morgan fingerprint density at radius 2 is 1.55 bits per heavy atom. The van der Waals surface area contributed by atoms with E-state index in [1.165, 1.54) is 33.2 Å². The highest BCUT2D eigenvalue weighted by molar-refractivity contribution is 6.02. The maximum atomic E-state index is 16.3. The molecule has 4 heteroatoms. The Labute approximate surface area is 304 Å². The highest BCUT2D eigenvalue weighted by atomic mass is 19.1. The predicted octanol–water partition coefficient (Wildman–Crippen LogP) is 11.5. The van der Waals surface area contributed by atoms with Crippen LogP contribution in [0.4, 0.5) is 4.39 Å². The van der Waals surface area contributed by atoms with E-state index in [4.69, 9.17) is 9.47 Å². The monoisotopic (exact) mass is 682 g/mol. The normalized spacial score (nSPS) is 20.7. The van der Waals surface area contributed by atoms with E-state index >= 15 is 4.39 Å². The van der Waals surface area contributed by atoms with Crippen molar-refractivity contribution in [2.24, 2.45) is 0 Å². The van der Waals surface area contributed by atoms with Crippen LogP contribution in [0.1, 0.15) is 113 Å². The first-order chi connectivity index (χ1) is 24.7. The summed E-state index contributed by atoms with van der Waals surface area (Å²) in [5, 5.41) is 2.61. The molecular weight excluding hydrogens is 630 g/mol. The van der Waals surface area contributed by atoms with Gasteiger partial charge in [0.05, 0.1) is 30.1 Å². The van der Waals surface area contributed by atoms with Crippen molar-refractivity contribution in [2.75, 3.05) is 13.7 Å². The fourth-order valence-electron chi connectivity index (χ4n) is 9.62. The van der Waals surface area contributed by atoms with Crippen molar-refractivity contribution in [2.45, 2.75) is 103 Å². The zero-order chi connectivity index (χ0) is 36.0. The fraction of sp³-hybridized carbons (Fsp3) is 0.383. The highest BCUT2D eigenvalue weighted by Gasteiger charge is 2.61. The predicted molar refractivity (Wildman–Crippen MR) is 207 cm³/mol. The van der Waals surface area contributed by atoms with Crippen LogP contribution in [0.15, 0.2) is 103 Å². The first kappa shape index (κ1) is 35.1. The lowest BCUT2D eigenvalue weighted by molar-refractivity contribution is -0.769.